The van der Waals surface area contributed by atoms with Crippen LogP contribution >= 0.6 is 0 Å². The van der Waals surface area contributed by atoms with Gasteiger partial charge in [0.25, 0.3) is 0 Å². The van der Waals surface area contributed by atoms with Gasteiger partial charge in [-0.3, -0.25) is 0 Å². The molecule has 2 aromatic heterocycles. The normalized spacial score (nSPS) is 35.5. The Hall–Kier alpha value is -2.13. The van der Waals surface area contributed by atoms with Crippen molar-refractivity contribution in [1.82, 2.24) is 19.5 Å². The fraction of sp³-hybridized carbons (Fsp3) is 0.708. The van der Waals surface area contributed by atoms with Crippen LogP contribution in [0.15, 0.2) is 6.33 Å². The van der Waals surface area contributed by atoms with E-state index in [0.29, 0.717) is 40.8 Å². The Kier molecular flexibility index (Phi) is 4.31. The molecular weight excluding hydrogens is 374 g/mol. The van der Waals surface area contributed by atoms with Crippen molar-refractivity contribution in [3.05, 3.63) is 12.2 Å². The fourth-order valence-corrected chi connectivity index (χ4v) is 7.20. The summed E-state index contributed by atoms with van der Waals surface area (Å²) in [5, 5.41) is 11.3. The van der Waals surface area contributed by atoms with E-state index in [1.807, 2.05) is 6.33 Å². The Morgan fingerprint density at radius 2 is 1.87 bits per heavy atom. The van der Waals surface area contributed by atoms with E-state index >= 15 is 0 Å². The van der Waals surface area contributed by atoms with E-state index in [1.165, 1.54) is 51.4 Å². The molecule has 3 N–H and O–H groups in total. The molecule has 5 fully saturated rings. The third-order valence-corrected chi connectivity index (χ3v) is 8.28. The summed E-state index contributed by atoms with van der Waals surface area (Å²) in [6.45, 7) is 0.938. The van der Waals surface area contributed by atoms with Crippen LogP contribution in [-0.2, 0) is 6.54 Å². The van der Waals surface area contributed by atoms with E-state index in [4.69, 9.17) is 10.7 Å². The van der Waals surface area contributed by atoms with Gasteiger partial charge in [-0.05, 0) is 74.5 Å². The first kappa shape index (κ1) is 18.6. The highest BCUT2D eigenvalue weighted by Crippen LogP contribution is 2.58. The number of anilines is 1. The van der Waals surface area contributed by atoms with Crippen molar-refractivity contribution in [3.63, 3.8) is 0 Å². The molecule has 0 spiro atoms. The average molecular weight is 406 g/mol. The largest absolute Gasteiger partial charge is 0.389 e. The number of aliphatic hydroxyl groups is 1. The predicted octanol–water partition coefficient (Wildman–Crippen LogP) is 3.53. The highest BCUT2D eigenvalue weighted by molar-refractivity contribution is 5.81. The average Bonchev–Trinajstić information content (AvgIpc) is 3.10. The van der Waals surface area contributed by atoms with E-state index in [2.05, 4.69) is 26.4 Å². The van der Waals surface area contributed by atoms with Gasteiger partial charge < -0.3 is 15.4 Å². The molecule has 4 bridgehead atoms. The monoisotopic (exact) mass is 405 g/mol. The van der Waals surface area contributed by atoms with Gasteiger partial charge in [0.15, 0.2) is 11.5 Å². The molecule has 7 rings (SSSR count). The molecule has 3 unspecified atom stereocenters. The number of hydrogen-bond acceptors (Lipinski definition) is 5. The molecule has 5 aliphatic carbocycles. The van der Waals surface area contributed by atoms with Gasteiger partial charge in [-0.1, -0.05) is 25.2 Å². The SMILES string of the molecule is Nc1nc(C#CC2C3CC4CC(C3)CC2(O)C4)nc2c1ncn2CC1CCCCC1. The molecule has 30 heavy (non-hydrogen) atoms. The van der Waals surface area contributed by atoms with Gasteiger partial charge >= 0.3 is 0 Å². The summed E-state index contributed by atoms with van der Waals surface area (Å²) in [6, 6.07) is 0. The van der Waals surface area contributed by atoms with Crippen molar-refractivity contribution in [3.8, 4) is 11.8 Å². The second-order valence-corrected chi connectivity index (χ2v) is 10.5. The molecule has 0 aliphatic heterocycles. The maximum atomic E-state index is 11.3. The summed E-state index contributed by atoms with van der Waals surface area (Å²) in [7, 11) is 0. The number of rotatable bonds is 2. The lowest BCUT2D eigenvalue weighted by atomic mass is 9.50. The Labute approximate surface area is 177 Å². The molecule has 5 saturated carbocycles. The maximum absolute atomic E-state index is 11.3. The number of nitrogens with zero attached hydrogens (tertiary/aromatic N) is 4. The second kappa shape index (κ2) is 6.95. The smallest absolute Gasteiger partial charge is 0.208 e. The maximum Gasteiger partial charge on any atom is 0.208 e. The summed E-state index contributed by atoms with van der Waals surface area (Å²) < 4.78 is 2.13. The van der Waals surface area contributed by atoms with E-state index in [0.717, 1.165) is 25.0 Å². The van der Waals surface area contributed by atoms with Crippen molar-refractivity contribution >= 4 is 17.0 Å². The third-order valence-electron chi connectivity index (χ3n) is 8.28. The first-order valence-corrected chi connectivity index (χ1v) is 11.8. The third kappa shape index (κ3) is 3.10. The van der Waals surface area contributed by atoms with Crippen LogP contribution in [0.2, 0.25) is 0 Å². The van der Waals surface area contributed by atoms with Gasteiger partial charge in [-0.2, -0.15) is 0 Å². The molecule has 0 radical (unpaired) electrons. The van der Waals surface area contributed by atoms with E-state index in [-0.39, 0.29) is 5.92 Å². The first-order valence-electron chi connectivity index (χ1n) is 11.8. The van der Waals surface area contributed by atoms with Gasteiger partial charge in [0.1, 0.15) is 5.52 Å². The number of fused-ring (bicyclic) bond motifs is 1. The highest BCUT2D eigenvalue weighted by atomic mass is 16.3. The molecular formula is C24H31N5O. The summed E-state index contributed by atoms with van der Waals surface area (Å²) >= 11 is 0. The van der Waals surface area contributed by atoms with Crippen LogP contribution in [0.1, 0.15) is 70.0 Å². The van der Waals surface area contributed by atoms with Gasteiger partial charge in [0, 0.05) is 6.54 Å². The van der Waals surface area contributed by atoms with E-state index in [1.54, 1.807) is 0 Å². The molecule has 2 heterocycles. The first-order chi connectivity index (χ1) is 14.6. The van der Waals surface area contributed by atoms with Crippen molar-refractivity contribution in [1.29, 1.82) is 0 Å². The lowest BCUT2D eigenvalue weighted by Crippen LogP contribution is -2.56. The van der Waals surface area contributed by atoms with E-state index < -0.39 is 5.60 Å². The van der Waals surface area contributed by atoms with Crippen LogP contribution in [0.25, 0.3) is 11.2 Å². The molecule has 0 saturated heterocycles. The number of nitrogens with two attached hydrogens (primary N) is 1. The summed E-state index contributed by atoms with van der Waals surface area (Å²) in [5.41, 5.74) is 7.06. The minimum absolute atomic E-state index is 0.0398. The molecule has 6 nitrogen and oxygen atoms in total. The zero-order valence-electron chi connectivity index (χ0n) is 17.6. The van der Waals surface area contributed by atoms with Crippen LogP contribution < -0.4 is 5.73 Å². The summed E-state index contributed by atoms with van der Waals surface area (Å²) in [6.07, 6.45) is 14.0. The van der Waals surface area contributed by atoms with Crippen LogP contribution in [-0.4, -0.2) is 30.2 Å². The molecule has 0 aromatic carbocycles. The number of aromatic nitrogens is 4. The number of hydrogen-bond donors (Lipinski definition) is 2. The Balaban J connectivity index is 1.29. The molecule has 0 amide bonds. The lowest BCUT2D eigenvalue weighted by molar-refractivity contribution is -0.152. The van der Waals surface area contributed by atoms with E-state index in [9.17, 15) is 5.11 Å². The fourth-order valence-electron chi connectivity index (χ4n) is 7.20. The van der Waals surface area contributed by atoms with Crippen LogP contribution in [0.5, 0.6) is 0 Å². The van der Waals surface area contributed by atoms with Gasteiger partial charge in [-0.15, -0.1) is 0 Å². The lowest BCUT2D eigenvalue weighted by Gasteiger charge is -2.57. The van der Waals surface area contributed by atoms with Gasteiger partial charge in [-0.25, -0.2) is 15.0 Å². The van der Waals surface area contributed by atoms with Crippen molar-refractivity contribution in [2.24, 2.45) is 29.6 Å². The molecule has 6 heteroatoms. The number of imidazole rings is 1. The molecule has 3 atom stereocenters. The summed E-state index contributed by atoms with van der Waals surface area (Å²) in [4.78, 5) is 13.6. The zero-order valence-corrected chi connectivity index (χ0v) is 17.6. The quantitative estimate of drug-likeness (QED) is 0.746. The van der Waals surface area contributed by atoms with Crippen LogP contribution in [0.4, 0.5) is 5.82 Å². The topological polar surface area (TPSA) is 89.8 Å². The van der Waals surface area contributed by atoms with Crippen molar-refractivity contribution in [2.75, 3.05) is 5.73 Å². The standard InChI is InChI=1S/C24H31N5O/c25-22-21-23(29(14-26-21)13-15-4-2-1-3-5-15)28-20(27-22)7-6-19-18-9-16-8-17(10-18)12-24(19,30)11-16/h14-19,30H,1-5,8-13H2,(H2,25,27,28). The van der Waals surface area contributed by atoms with Crippen LogP contribution in [0.3, 0.4) is 0 Å². The van der Waals surface area contributed by atoms with Crippen molar-refractivity contribution in [2.45, 2.75) is 76.4 Å². The van der Waals surface area contributed by atoms with Crippen LogP contribution in [0, 0.1) is 41.4 Å². The summed E-state index contributed by atoms with van der Waals surface area (Å²) in [5.74, 6) is 10.1. The Bertz CT molecular complexity index is 1010. The molecule has 5 aliphatic rings. The minimum Gasteiger partial charge on any atom is -0.389 e. The molecule has 2 aromatic rings. The Morgan fingerprint density at radius 3 is 2.60 bits per heavy atom. The van der Waals surface area contributed by atoms with Gasteiger partial charge in [0.05, 0.1) is 17.8 Å². The zero-order chi connectivity index (χ0) is 20.3. The second-order valence-electron chi connectivity index (χ2n) is 10.5. The predicted molar refractivity (Wildman–Crippen MR) is 115 cm³/mol. The van der Waals surface area contributed by atoms with Crippen molar-refractivity contribution < 1.29 is 5.11 Å². The minimum atomic E-state index is -0.611. The Morgan fingerprint density at radius 1 is 1.10 bits per heavy atom. The highest BCUT2D eigenvalue weighted by Gasteiger charge is 2.55. The number of nitrogen functional groups attached to an aromatic ring is 1. The molecule has 158 valence electrons. The van der Waals surface area contributed by atoms with Gasteiger partial charge in [0.2, 0.25) is 5.82 Å².